The van der Waals surface area contributed by atoms with E-state index in [4.69, 9.17) is 4.74 Å². The smallest absolute Gasteiger partial charge is 0.242 e. The van der Waals surface area contributed by atoms with E-state index in [0.29, 0.717) is 5.75 Å². The lowest BCUT2D eigenvalue weighted by molar-refractivity contribution is 0.322. The standard InChI is InChI=1S/C11H18N2O5S2/c1-13(2)20(16,17)11-6-4-10(5-7-11)18-9-8-12-19(3,14)15/h4-7,12H,8-9H2,1-3H3. The van der Waals surface area contributed by atoms with Gasteiger partial charge in [-0.25, -0.2) is 25.9 Å². The first-order valence-corrected chi connectivity index (χ1v) is 9.06. The maximum atomic E-state index is 11.8. The van der Waals surface area contributed by atoms with E-state index in [2.05, 4.69) is 4.72 Å². The van der Waals surface area contributed by atoms with Crippen LogP contribution in [0.5, 0.6) is 5.75 Å². The van der Waals surface area contributed by atoms with Crippen LogP contribution in [-0.2, 0) is 20.0 Å². The van der Waals surface area contributed by atoms with Gasteiger partial charge in [0.15, 0.2) is 0 Å². The lowest BCUT2D eigenvalue weighted by Crippen LogP contribution is -2.26. The molecular formula is C11H18N2O5S2. The molecule has 1 N–H and O–H groups in total. The van der Waals surface area contributed by atoms with E-state index >= 15 is 0 Å². The van der Waals surface area contributed by atoms with Gasteiger partial charge in [-0.15, -0.1) is 0 Å². The van der Waals surface area contributed by atoms with Gasteiger partial charge in [0.25, 0.3) is 0 Å². The molecule has 0 aliphatic heterocycles. The molecule has 0 aliphatic rings. The summed E-state index contributed by atoms with van der Waals surface area (Å²) in [4.78, 5) is 0.170. The first-order chi connectivity index (χ1) is 9.13. The molecule has 0 heterocycles. The normalized spacial score (nSPS) is 12.6. The Kier molecular flexibility index (Phi) is 5.51. The van der Waals surface area contributed by atoms with Crippen molar-refractivity contribution in [3.05, 3.63) is 24.3 Å². The molecule has 0 aromatic heterocycles. The highest BCUT2D eigenvalue weighted by Crippen LogP contribution is 2.17. The molecule has 1 aromatic carbocycles. The summed E-state index contributed by atoms with van der Waals surface area (Å²) in [5, 5.41) is 0. The largest absolute Gasteiger partial charge is 0.492 e. The molecule has 0 atom stereocenters. The zero-order valence-electron chi connectivity index (χ0n) is 11.5. The summed E-state index contributed by atoms with van der Waals surface area (Å²) in [5.41, 5.74) is 0. The molecule has 7 nitrogen and oxygen atoms in total. The van der Waals surface area contributed by atoms with Gasteiger partial charge >= 0.3 is 0 Å². The van der Waals surface area contributed by atoms with Crippen molar-refractivity contribution in [1.29, 1.82) is 0 Å². The third kappa shape index (κ3) is 5.08. The van der Waals surface area contributed by atoms with E-state index in [1.807, 2.05) is 0 Å². The summed E-state index contributed by atoms with van der Waals surface area (Å²) < 4.78 is 54.0. The van der Waals surface area contributed by atoms with Gasteiger partial charge in [-0.2, -0.15) is 0 Å². The minimum atomic E-state index is -3.45. The first-order valence-electron chi connectivity index (χ1n) is 5.73. The lowest BCUT2D eigenvalue weighted by Gasteiger charge is -2.12. The Morgan fingerprint density at radius 3 is 2.10 bits per heavy atom. The molecule has 0 fully saturated rings. The molecule has 0 bridgehead atoms. The monoisotopic (exact) mass is 322 g/mol. The third-order valence-corrected chi connectivity index (χ3v) is 4.90. The Labute approximate surface area is 119 Å². The highest BCUT2D eigenvalue weighted by Gasteiger charge is 2.16. The van der Waals surface area contributed by atoms with Crippen LogP contribution in [0.15, 0.2) is 29.2 Å². The maximum Gasteiger partial charge on any atom is 0.242 e. The van der Waals surface area contributed by atoms with E-state index in [1.165, 1.54) is 38.4 Å². The molecule has 1 rings (SSSR count). The summed E-state index contributed by atoms with van der Waals surface area (Å²) in [6.45, 7) is 0.309. The van der Waals surface area contributed by atoms with E-state index < -0.39 is 20.0 Å². The summed E-state index contributed by atoms with van der Waals surface area (Å²) >= 11 is 0. The van der Waals surface area contributed by atoms with E-state index in [9.17, 15) is 16.8 Å². The zero-order valence-corrected chi connectivity index (χ0v) is 13.2. The van der Waals surface area contributed by atoms with Crippen LogP contribution in [0.3, 0.4) is 0 Å². The number of nitrogens with zero attached hydrogens (tertiary/aromatic N) is 1. The Balaban J connectivity index is 2.60. The van der Waals surface area contributed by atoms with E-state index in [-0.39, 0.29) is 18.0 Å². The van der Waals surface area contributed by atoms with Crippen molar-refractivity contribution in [2.24, 2.45) is 0 Å². The maximum absolute atomic E-state index is 11.8. The van der Waals surface area contributed by atoms with Crippen LogP contribution < -0.4 is 9.46 Å². The Morgan fingerprint density at radius 2 is 1.65 bits per heavy atom. The summed E-state index contributed by atoms with van der Waals surface area (Å²) in [5.74, 6) is 0.470. The number of hydrogen-bond donors (Lipinski definition) is 1. The molecule has 0 unspecified atom stereocenters. The van der Waals surface area contributed by atoms with Crippen molar-refractivity contribution < 1.29 is 21.6 Å². The predicted molar refractivity (Wildman–Crippen MR) is 75.7 cm³/mol. The average Bonchev–Trinajstić information content (AvgIpc) is 2.34. The quantitative estimate of drug-likeness (QED) is 0.706. The summed E-state index contributed by atoms with van der Waals surface area (Å²) in [7, 11) is -3.77. The fraction of sp³-hybridized carbons (Fsp3) is 0.455. The van der Waals surface area contributed by atoms with Gasteiger partial charge in [-0.1, -0.05) is 0 Å². The predicted octanol–water partition coefficient (Wildman–Crippen LogP) is -0.135. The van der Waals surface area contributed by atoms with E-state index in [0.717, 1.165) is 10.6 Å². The van der Waals surface area contributed by atoms with Crippen molar-refractivity contribution in [3.63, 3.8) is 0 Å². The van der Waals surface area contributed by atoms with Crippen LogP contribution >= 0.6 is 0 Å². The van der Waals surface area contributed by atoms with Gasteiger partial charge in [0.1, 0.15) is 12.4 Å². The van der Waals surface area contributed by atoms with Gasteiger partial charge in [-0.3, -0.25) is 0 Å². The Bertz CT molecular complexity index is 636. The topological polar surface area (TPSA) is 92.8 Å². The van der Waals surface area contributed by atoms with Crippen LogP contribution in [0.4, 0.5) is 0 Å². The molecule has 20 heavy (non-hydrogen) atoms. The van der Waals surface area contributed by atoms with Crippen molar-refractivity contribution in [3.8, 4) is 5.75 Å². The second-order valence-electron chi connectivity index (χ2n) is 4.27. The molecule has 114 valence electrons. The molecule has 0 saturated carbocycles. The number of benzene rings is 1. The number of rotatable bonds is 7. The zero-order chi connectivity index (χ0) is 15.4. The summed E-state index contributed by atoms with van der Waals surface area (Å²) in [6, 6.07) is 5.93. The molecule has 1 aromatic rings. The van der Waals surface area contributed by atoms with Crippen molar-refractivity contribution >= 4 is 20.0 Å². The minimum Gasteiger partial charge on any atom is -0.492 e. The number of nitrogens with one attached hydrogen (secondary N) is 1. The van der Waals surface area contributed by atoms with Gasteiger partial charge in [0, 0.05) is 20.6 Å². The van der Waals surface area contributed by atoms with E-state index in [1.54, 1.807) is 0 Å². The molecule has 9 heteroatoms. The molecule has 0 radical (unpaired) electrons. The number of sulfonamides is 2. The fourth-order valence-electron chi connectivity index (χ4n) is 1.31. The number of hydrogen-bond acceptors (Lipinski definition) is 5. The van der Waals surface area contributed by atoms with Crippen LogP contribution in [0.1, 0.15) is 0 Å². The molecule has 0 amide bonds. The first kappa shape index (κ1) is 16.9. The van der Waals surface area contributed by atoms with Gasteiger partial charge < -0.3 is 4.74 Å². The third-order valence-electron chi connectivity index (χ3n) is 2.34. The number of ether oxygens (including phenoxy) is 1. The highest BCUT2D eigenvalue weighted by atomic mass is 32.2. The van der Waals surface area contributed by atoms with Crippen molar-refractivity contribution in [1.82, 2.24) is 9.03 Å². The van der Waals surface area contributed by atoms with Crippen LogP contribution in [0.2, 0.25) is 0 Å². The second-order valence-corrected chi connectivity index (χ2v) is 8.26. The Hall–Kier alpha value is -1.16. The van der Waals surface area contributed by atoms with Crippen LogP contribution in [-0.4, -0.2) is 54.6 Å². The minimum absolute atomic E-state index is 0.149. The highest BCUT2D eigenvalue weighted by molar-refractivity contribution is 7.89. The van der Waals surface area contributed by atoms with Crippen LogP contribution in [0.25, 0.3) is 0 Å². The molecule has 0 saturated heterocycles. The van der Waals surface area contributed by atoms with Gasteiger partial charge in [-0.05, 0) is 24.3 Å². The Morgan fingerprint density at radius 1 is 1.10 bits per heavy atom. The second kappa shape index (κ2) is 6.53. The van der Waals surface area contributed by atoms with Crippen LogP contribution in [0, 0.1) is 0 Å². The summed E-state index contributed by atoms with van der Waals surface area (Å²) in [6.07, 6.45) is 1.06. The average molecular weight is 322 g/mol. The van der Waals surface area contributed by atoms with Gasteiger partial charge in [0.2, 0.25) is 20.0 Å². The van der Waals surface area contributed by atoms with Gasteiger partial charge in [0.05, 0.1) is 11.2 Å². The fourth-order valence-corrected chi connectivity index (χ4v) is 2.67. The SMILES string of the molecule is CN(C)S(=O)(=O)c1ccc(OCCNS(C)(=O)=O)cc1. The van der Waals surface area contributed by atoms with Crippen molar-refractivity contribution in [2.45, 2.75) is 4.90 Å². The molecular weight excluding hydrogens is 304 g/mol. The lowest BCUT2D eigenvalue weighted by atomic mass is 10.3. The molecule has 0 spiro atoms. The molecule has 0 aliphatic carbocycles. The van der Waals surface area contributed by atoms with Crippen molar-refractivity contribution in [2.75, 3.05) is 33.5 Å².